The normalized spacial score (nSPS) is 13.7. The van der Waals surface area contributed by atoms with Crippen LogP contribution >= 0.6 is 0 Å². The smallest absolute Gasteiger partial charge is 0.282 e. The minimum Gasteiger partial charge on any atom is -0.496 e. The number of imide groups is 1. The molecule has 0 bridgehead atoms. The summed E-state index contributed by atoms with van der Waals surface area (Å²) in [7, 11) is 1.45. The Kier molecular flexibility index (Phi) is 5.48. The second-order valence-corrected chi connectivity index (χ2v) is 7.44. The molecule has 0 fully saturated rings. The highest BCUT2D eigenvalue weighted by Crippen LogP contribution is 2.38. The van der Waals surface area contributed by atoms with Crippen LogP contribution < -0.4 is 15.0 Å². The predicted molar refractivity (Wildman–Crippen MR) is 118 cm³/mol. The average Bonchev–Trinajstić information content (AvgIpc) is 3.01. The highest BCUT2D eigenvalue weighted by molar-refractivity contribution is 6.46. The summed E-state index contributed by atoms with van der Waals surface area (Å²) in [6, 6.07) is 14.9. The first-order valence-electron chi connectivity index (χ1n) is 9.87. The summed E-state index contributed by atoms with van der Waals surface area (Å²) >= 11 is 0. The maximum atomic E-state index is 14.5. The minimum atomic E-state index is -0.889. The van der Waals surface area contributed by atoms with Crippen LogP contribution in [0.15, 0.2) is 66.4 Å². The number of anilines is 2. The third-order valence-electron chi connectivity index (χ3n) is 5.25. The monoisotopic (exact) mass is 434 g/mol. The van der Waals surface area contributed by atoms with Crippen molar-refractivity contribution in [3.8, 4) is 5.75 Å². The standard InChI is InChI=1S/C25H20F2N2O3/c1-14-8-11-19(15(2)12-14)28-23-22(17-6-4-5-7-21(17)32-3)24(30)29(25(23)31)20-13-16(26)9-10-18(20)27/h4-13,28H,1-3H3. The predicted octanol–water partition coefficient (Wildman–Crippen LogP) is 4.99. The summed E-state index contributed by atoms with van der Waals surface area (Å²) < 4.78 is 33.8. The molecule has 0 aliphatic carbocycles. The number of methoxy groups -OCH3 is 1. The van der Waals surface area contributed by atoms with Crippen molar-refractivity contribution in [2.24, 2.45) is 0 Å². The van der Waals surface area contributed by atoms with Crippen LogP contribution in [-0.4, -0.2) is 18.9 Å². The number of amides is 2. The molecule has 0 aromatic heterocycles. The van der Waals surface area contributed by atoms with Crippen molar-refractivity contribution in [1.82, 2.24) is 0 Å². The zero-order valence-electron chi connectivity index (χ0n) is 17.7. The van der Waals surface area contributed by atoms with E-state index in [0.29, 0.717) is 21.9 Å². The Morgan fingerprint density at radius 1 is 0.906 bits per heavy atom. The lowest BCUT2D eigenvalue weighted by atomic mass is 10.0. The number of nitrogens with zero attached hydrogens (tertiary/aromatic N) is 1. The molecule has 0 unspecified atom stereocenters. The molecule has 3 aromatic rings. The second-order valence-electron chi connectivity index (χ2n) is 7.44. The van der Waals surface area contributed by atoms with E-state index in [1.807, 2.05) is 26.0 Å². The molecule has 0 spiro atoms. The van der Waals surface area contributed by atoms with Crippen molar-refractivity contribution >= 4 is 28.8 Å². The molecular weight excluding hydrogens is 414 g/mol. The van der Waals surface area contributed by atoms with Crippen LogP contribution in [0.1, 0.15) is 16.7 Å². The third kappa shape index (κ3) is 3.62. The summed E-state index contributed by atoms with van der Waals surface area (Å²) in [5.74, 6) is -2.86. The fourth-order valence-electron chi connectivity index (χ4n) is 3.71. The summed E-state index contributed by atoms with van der Waals surface area (Å²) in [6.07, 6.45) is 0. The molecule has 1 heterocycles. The van der Waals surface area contributed by atoms with Gasteiger partial charge in [0, 0.05) is 17.3 Å². The summed E-state index contributed by atoms with van der Waals surface area (Å²) in [4.78, 5) is 27.5. The van der Waals surface area contributed by atoms with E-state index < -0.39 is 29.1 Å². The molecule has 1 aliphatic heterocycles. The lowest BCUT2D eigenvalue weighted by Gasteiger charge is -2.16. The minimum absolute atomic E-state index is 0.0103. The molecular formula is C25H20F2N2O3. The lowest BCUT2D eigenvalue weighted by molar-refractivity contribution is -0.120. The Morgan fingerprint density at radius 3 is 2.38 bits per heavy atom. The quantitative estimate of drug-likeness (QED) is 0.575. The number of para-hydroxylation sites is 1. The fraction of sp³-hybridized carbons (Fsp3) is 0.120. The Bertz CT molecular complexity index is 1280. The molecule has 1 aliphatic rings. The maximum Gasteiger partial charge on any atom is 0.282 e. The maximum absolute atomic E-state index is 14.5. The van der Waals surface area contributed by atoms with Gasteiger partial charge in [-0.25, -0.2) is 13.7 Å². The van der Waals surface area contributed by atoms with Crippen molar-refractivity contribution in [1.29, 1.82) is 0 Å². The zero-order chi connectivity index (χ0) is 23.0. The van der Waals surface area contributed by atoms with Gasteiger partial charge >= 0.3 is 0 Å². The van der Waals surface area contributed by atoms with Crippen LogP contribution in [0.25, 0.3) is 5.57 Å². The van der Waals surface area contributed by atoms with E-state index in [1.54, 1.807) is 30.3 Å². The van der Waals surface area contributed by atoms with Gasteiger partial charge in [-0.1, -0.05) is 35.9 Å². The number of rotatable bonds is 5. The number of carbonyl (C=O) groups excluding carboxylic acids is 2. The Morgan fingerprint density at radius 2 is 1.66 bits per heavy atom. The topological polar surface area (TPSA) is 58.6 Å². The van der Waals surface area contributed by atoms with E-state index in [9.17, 15) is 18.4 Å². The number of ether oxygens (including phenoxy) is 1. The van der Waals surface area contributed by atoms with Gasteiger partial charge in [0.05, 0.1) is 18.4 Å². The number of nitrogens with one attached hydrogen (secondary N) is 1. The largest absolute Gasteiger partial charge is 0.496 e. The molecule has 3 aromatic carbocycles. The number of hydrogen-bond acceptors (Lipinski definition) is 4. The van der Waals surface area contributed by atoms with Crippen molar-refractivity contribution in [2.45, 2.75) is 13.8 Å². The second kappa shape index (κ2) is 8.26. The van der Waals surface area contributed by atoms with Crippen LogP contribution in [0, 0.1) is 25.5 Å². The molecule has 2 amide bonds. The first-order chi connectivity index (χ1) is 15.3. The molecule has 162 valence electrons. The highest BCUT2D eigenvalue weighted by Gasteiger charge is 2.42. The van der Waals surface area contributed by atoms with Gasteiger partial charge in [-0.2, -0.15) is 0 Å². The molecule has 32 heavy (non-hydrogen) atoms. The number of halogens is 2. The van der Waals surface area contributed by atoms with Crippen molar-refractivity contribution < 1.29 is 23.1 Å². The third-order valence-corrected chi connectivity index (χ3v) is 5.25. The van der Waals surface area contributed by atoms with Gasteiger partial charge in [0.1, 0.15) is 23.1 Å². The average molecular weight is 434 g/mol. The molecule has 0 saturated carbocycles. The first-order valence-corrected chi connectivity index (χ1v) is 9.87. The number of carbonyl (C=O) groups is 2. The van der Waals surface area contributed by atoms with Gasteiger partial charge < -0.3 is 10.1 Å². The summed E-state index contributed by atoms with van der Waals surface area (Å²) in [5, 5.41) is 3.05. The van der Waals surface area contributed by atoms with E-state index in [0.717, 1.165) is 29.3 Å². The van der Waals surface area contributed by atoms with Crippen LogP contribution in [0.2, 0.25) is 0 Å². The Balaban J connectivity index is 1.91. The van der Waals surface area contributed by atoms with E-state index in [-0.39, 0.29) is 11.3 Å². The molecule has 4 rings (SSSR count). The highest BCUT2D eigenvalue weighted by atomic mass is 19.1. The van der Waals surface area contributed by atoms with Gasteiger partial charge in [-0.3, -0.25) is 9.59 Å². The van der Waals surface area contributed by atoms with Crippen LogP contribution in [-0.2, 0) is 9.59 Å². The zero-order valence-corrected chi connectivity index (χ0v) is 17.7. The summed E-state index contributed by atoms with van der Waals surface area (Å²) in [6.45, 7) is 3.80. The van der Waals surface area contributed by atoms with Gasteiger partial charge in [0.15, 0.2) is 0 Å². The number of hydrogen-bond donors (Lipinski definition) is 1. The van der Waals surface area contributed by atoms with Crippen LogP contribution in [0.4, 0.5) is 20.2 Å². The van der Waals surface area contributed by atoms with E-state index >= 15 is 0 Å². The van der Waals surface area contributed by atoms with Gasteiger partial charge in [-0.05, 0) is 43.7 Å². The van der Waals surface area contributed by atoms with Crippen molar-refractivity contribution in [3.63, 3.8) is 0 Å². The summed E-state index contributed by atoms with van der Waals surface area (Å²) in [5.41, 5.74) is 2.37. The fourth-order valence-corrected chi connectivity index (χ4v) is 3.71. The van der Waals surface area contributed by atoms with Gasteiger partial charge in [-0.15, -0.1) is 0 Å². The van der Waals surface area contributed by atoms with E-state index in [2.05, 4.69) is 5.32 Å². The molecule has 7 heteroatoms. The lowest BCUT2D eigenvalue weighted by Crippen LogP contribution is -2.33. The molecule has 0 radical (unpaired) electrons. The Labute approximate surface area is 183 Å². The number of aryl methyl sites for hydroxylation is 2. The van der Waals surface area contributed by atoms with E-state index in [1.165, 1.54) is 7.11 Å². The van der Waals surface area contributed by atoms with Gasteiger partial charge in [0.2, 0.25) is 0 Å². The van der Waals surface area contributed by atoms with Crippen molar-refractivity contribution in [2.75, 3.05) is 17.3 Å². The molecule has 0 atom stereocenters. The first kappa shape index (κ1) is 21.2. The number of benzene rings is 3. The molecule has 5 nitrogen and oxygen atoms in total. The SMILES string of the molecule is COc1ccccc1C1=C(Nc2ccc(C)cc2C)C(=O)N(c2cc(F)ccc2F)C1=O. The van der Waals surface area contributed by atoms with Crippen LogP contribution in [0.5, 0.6) is 5.75 Å². The van der Waals surface area contributed by atoms with E-state index in [4.69, 9.17) is 4.74 Å². The van der Waals surface area contributed by atoms with Crippen molar-refractivity contribution in [3.05, 3.63) is 94.7 Å². The molecule has 1 N–H and O–H groups in total. The van der Waals surface area contributed by atoms with Crippen LogP contribution in [0.3, 0.4) is 0 Å². The van der Waals surface area contributed by atoms with Gasteiger partial charge in [0.25, 0.3) is 11.8 Å². The Hall–Kier alpha value is -4.00. The molecule has 0 saturated heterocycles.